The normalized spacial score (nSPS) is 11.2. The number of nitrogens with one attached hydrogen (secondary N) is 1. The standard InChI is InChI=1S/H3NO5P2/c2-7(3)1-8(4,5)6/h(H3,1,2,3,4,5,6). The quantitative estimate of drug-likeness (QED) is 0.480. The summed E-state index contributed by atoms with van der Waals surface area (Å²) in [6, 6.07) is 0. The molecular weight excluding hydrogens is 156 g/mol. The molecule has 0 rings (SSSR count). The Hall–Kier alpha value is 0.01000. The Morgan fingerprint density at radius 3 is 1.75 bits per heavy atom. The molecule has 0 unspecified atom stereocenters. The average molecular weight is 159 g/mol. The molecule has 0 bridgehead atoms. The molecule has 0 aliphatic heterocycles. The van der Waals surface area contributed by atoms with Gasteiger partial charge in [-0.3, -0.25) is 0 Å². The van der Waals surface area contributed by atoms with Gasteiger partial charge in [-0.25, -0.2) is 13.7 Å². The Bertz CT molecular complexity index is 165. The van der Waals surface area contributed by atoms with Gasteiger partial charge in [0.15, 0.2) is 0 Å². The Morgan fingerprint density at radius 2 is 1.75 bits per heavy atom. The predicted octanol–water partition coefficient (Wildman–Crippen LogP) is -0.243. The van der Waals surface area contributed by atoms with Gasteiger partial charge in [-0.05, 0) is 0 Å². The molecule has 0 fully saturated rings. The van der Waals surface area contributed by atoms with E-state index in [1.54, 1.807) is 0 Å². The van der Waals surface area contributed by atoms with Crippen molar-refractivity contribution >= 4 is 15.6 Å². The van der Waals surface area contributed by atoms with Crippen molar-refractivity contribution in [1.29, 1.82) is 0 Å². The van der Waals surface area contributed by atoms with Crippen molar-refractivity contribution in [3.05, 3.63) is 0 Å². The molecule has 0 atom stereocenters. The largest absolute Gasteiger partial charge is 0.412 e. The van der Waals surface area contributed by atoms with E-state index in [9.17, 15) is 13.7 Å². The molecule has 6 nitrogen and oxygen atoms in total. The molecular formula is H3NO5P2. The summed E-state index contributed by atoms with van der Waals surface area (Å²) in [5.41, 5.74) is 0. The predicted molar refractivity (Wildman–Crippen MR) is 23.5 cm³/mol. The van der Waals surface area contributed by atoms with Crippen molar-refractivity contribution in [2.24, 2.45) is 0 Å². The second-order valence-corrected chi connectivity index (χ2v) is 3.30. The third kappa shape index (κ3) is 6.01. The van der Waals surface area contributed by atoms with E-state index in [0.717, 1.165) is 4.86 Å². The summed E-state index contributed by atoms with van der Waals surface area (Å²) in [5, 5.41) is 0. The minimum atomic E-state index is -4.57. The van der Waals surface area contributed by atoms with Crippen LogP contribution in [0.15, 0.2) is 0 Å². The van der Waals surface area contributed by atoms with Crippen LogP contribution in [0.4, 0.5) is 0 Å². The van der Waals surface area contributed by atoms with Crippen LogP contribution in [0, 0.1) is 0 Å². The highest BCUT2D eigenvalue weighted by molar-refractivity contribution is 7.58. The maximum absolute atomic E-state index is 9.64. The van der Waals surface area contributed by atoms with Crippen LogP contribution in [-0.2, 0) is 13.7 Å². The molecule has 0 aromatic carbocycles. The Labute approximate surface area is 45.0 Å². The molecule has 0 heterocycles. The van der Waals surface area contributed by atoms with Gasteiger partial charge in [0.1, 0.15) is 0 Å². The summed E-state index contributed by atoms with van der Waals surface area (Å²) < 4.78 is 28.5. The monoisotopic (exact) mass is 159 g/mol. The summed E-state index contributed by atoms with van der Waals surface area (Å²) in [6.45, 7) is 0. The molecule has 0 aromatic heterocycles. The van der Waals surface area contributed by atoms with Crippen LogP contribution in [0.2, 0.25) is 0 Å². The second-order valence-electron chi connectivity index (χ2n) is 0.901. The van der Waals surface area contributed by atoms with Gasteiger partial charge in [-0.15, -0.1) is 4.86 Å². The molecule has 8 heavy (non-hydrogen) atoms. The fourth-order valence-electron chi connectivity index (χ4n) is 0.106. The first-order valence-corrected chi connectivity index (χ1v) is 4.18. The van der Waals surface area contributed by atoms with Crippen LogP contribution in [0.25, 0.3) is 0 Å². The van der Waals surface area contributed by atoms with Gasteiger partial charge in [0, 0.05) is 0 Å². The lowest BCUT2D eigenvalue weighted by atomic mass is 13.9. The van der Waals surface area contributed by atoms with E-state index in [1.165, 1.54) is 0 Å². The molecule has 0 aromatic rings. The van der Waals surface area contributed by atoms with Crippen molar-refractivity contribution in [1.82, 2.24) is 4.86 Å². The molecule has 48 valence electrons. The highest BCUT2D eigenvalue weighted by atomic mass is 31.2. The Balaban J connectivity index is 3.94. The van der Waals surface area contributed by atoms with Crippen molar-refractivity contribution < 1.29 is 23.5 Å². The summed E-state index contributed by atoms with van der Waals surface area (Å²) >= 11 is 0. The van der Waals surface area contributed by atoms with E-state index in [2.05, 4.69) is 0 Å². The lowest BCUT2D eigenvalue weighted by Gasteiger charge is -1.93. The van der Waals surface area contributed by atoms with E-state index < -0.39 is 15.6 Å². The third-order valence-corrected chi connectivity index (χ3v) is 1.91. The molecule has 0 radical (unpaired) electrons. The maximum atomic E-state index is 9.64. The zero-order chi connectivity index (χ0) is 6.78. The van der Waals surface area contributed by atoms with E-state index in [0.29, 0.717) is 0 Å². The van der Waals surface area contributed by atoms with Gasteiger partial charge in [0.25, 0.3) is 0 Å². The highest BCUT2D eigenvalue weighted by Crippen LogP contribution is 2.32. The van der Waals surface area contributed by atoms with E-state index >= 15 is 0 Å². The van der Waals surface area contributed by atoms with Crippen LogP contribution in [0.3, 0.4) is 0 Å². The molecule has 0 saturated heterocycles. The molecule has 8 heteroatoms. The average Bonchev–Trinajstić information content (AvgIpc) is 1.21. The first-order valence-electron chi connectivity index (χ1n) is 1.39. The maximum Gasteiger partial charge on any atom is 0.412 e. The zero-order valence-corrected chi connectivity index (χ0v) is 5.30. The van der Waals surface area contributed by atoms with E-state index in [-0.39, 0.29) is 0 Å². The third-order valence-electron chi connectivity index (χ3n) is 0.212. The molecule has 0 aliphatic rings. The van der Waals surface area contributed by atoms with Crippen LogP contribution in [-0.4, -0.2) is 9.79 Å². The van der Waals surface area contributed by atoms with Crippen LogP contribution in [0.5, 0.6) is 0 Å². The first-order chi connectivity index (χ1) is 3.42. The Morgan fingerprint density at radius 1 is 1.38 bits per heavy atom. The topological polar surface area (TPSA) is 104 Å². The van der Waals surface area contributed by atoms with Gasteiger partial charge in [-0.1, -0.05) is 0 Å². The summed E-state index contributed by atoms with van der Waals surface area (Å²) in [6.07, 6.45) is 0. The van der Waals surface area contributed by atoms with E-state index in [1.807, 2.05) is 0 Å². The summed E-state index contributed by atoms with van der Waals surface area (Å²) in [7, 11) is -7.77. The van der Waals surface area contributed by atoms with Crippen molar-refractivity contribution in [3.63, 3.8) is 0 Å². The van der Waals surface area contributed by atoms with Gasteiger partial charge in [0.05, 0.1) is 0 Å². The highest BCUT2D eigenvalue weighted by Gasteiger charge is 2.13. The SMILES string of the molecule is O=P(=O)NP(=O)(O)O. The van der Waals surface area contributed by atoms with Crippen molar-refractivity contribution in [2.75, 3.05) is 0 Å². The minimum Gasteiger partial charge on any atom is -0.312 e. The number of hydrogen-bond donors (Lipinski definition) is 3. The summed E-state index contributed by atoms with van der Waals surface area (Å²) in [5.74, 6) is 0. The molecule has 0 saturated carbocycles. The van der Waals surface area contributed by atoms with Crippen molar-refractivity contribution in [2.45, 2.75) is 0 Å². The van der Waals surface area contributed by atoms with Crippen LogP contribution < -0.4 is 4.86 Å². The van der Waals surface area contributed by atoms with Gasteiger partial charge >= 0.3 is 15.6 Å². The van der Waals surface area contributed by atoms with Crippen molar-refractivity contribution in [3.8, 4) is 0 Å². The molecule has 3 N–H and O–H groups in total. The molecule has 0 aliphatic carbocycles. The first kappa shape index (κ1) is 8.01. The number of rotatable bonds is 2. The van der Waals surface area contributed by atoms with Crippen LogP contribution in [0.1, 0.15) is 0 Å². The van der Waals surface area contributed by atoms with E-state index in [4.69, 9.17) is 9.79 Å². The lowest BCUT2D eigenvalue weighted by molar-refractivity contribution is 0.367. The van der Waals surface area contributed by atoms with Gasteiger partial charge in [0.2, 0.25) is 0 Å². The van der Waals surface area contributed by atoms with Gasteiger partial charge in [-0.2, -0.15) is 0 Å². The number of hydrogen-bond acceptors (Lipinski definition) is 3. The zero-order valence-electron chi connectivity index (χ0n) is 3.51. The molecule has 0 spiro atoms. The lowest BCUT2D eigenvalue weighted by Crippen LogP contribution is -1.93. The minimum absolute atomic E-state index is 1.00. The molecule has 0 amide bonds. The second kappa shape index (κ2) is 2.53. The van der Waals surface area contributed by atoms with Gasteiger partial charge < -0.3 is 9.79 Å². The Kier molecular flexibility index (Phi) is 2.53. The smallest absolute Gasteiger partial charge is 0.312 e. The fourth-order valence-corrected chi connectivity index (χ4v) is 0.957. The van der Waals surface area contributed by atoms with Crippen LogP contribution >= 0.6 is 15.6 Å². The fraction of sp³-hybridized carbons (Fsp3) is 0. The summed E-state index contributed by atoms with van der Waals surface area (Å²) in [4.78, 5) is 16.6.